The largest absolute Gasteiger partial charge is 0.417 e. The van der Waals surface area contributed by atoms with Crippen molar-refractivity contribution in [1.82, 2.24) is 0 Å². The van der Waals surface area contributed by atoms with E-state index in [4.69, 9.17) is 0 Å². The summed E-state index contributed by atoms with van der Waals surface area (Å²) in [7, 11) is 1.88. The van der Waals surface area contributed by atoms with Crippen LogP contribution in [0.5, 0.6) is 0 Å². The second-order valence-electron chi connectivity index (χ2n) is 5.34. The van der Waals surface area contributed by atoms with Crippen molar-refractivity contribution in [2.24, 2.45) is 0 Å². The third kappa shape index (κ3) is 3.43. The van der Waals surface area contributed by atoms with E-state index in [0.29, 0.717) is 11.7 Å². The second kappa shape index (κ2) is 6.16. The van der Waals surface area contributed by atoms with Gasteiger partial charge in [-0.05, 0) is 36.5 Å². The minimum atomic E-state index is -4.25. The lowest BCUT2D eigenvalue weighted by Gasteiger charge is -2.13. The molecular weight excluding hydrogens is 327 g/mol. The standard InChI is InChI=1S/C16H16F3NS2/c1-20-14-4-2-3-13(10-5-6-10)15(14)22-9-12-7-11(8-21-12)16(17,18)19/h2-4,7-8,10,20H,5-6,9H2,1H3. The Balaban J connectivity index is 1.77. The summed E-state index contributed by atoms with van der Waals surface area (Å²) in [6.45, 7) is 0. The summed E-state index contributed by atoms with van der Waals surface area (Å²) in [6, 6.07) is 7.45. The minimum Gasteiger partial charge on any atom is -0.387 e. The molecule has 1 saturated carbocycles. The zero-order chi connectivity index (χ0) is 15.7. The summed E-state index contributed by atoms with van der Waals surface area (Å²) in [5, 5.41) is 4.38. The van der Waals surface area contributed by atoms with Gasteiger partial charge in [-0.25, -0.2) is 0 Å². The molecule has 1 aliphatic rings. The average molecular weight is 343 g/mol. The molecule has 0 aliphatic heterocycles. The summed E-state index contributed by atoms with van der Waals surface area (Å²) in [5.41, 5.74) is 1.84. The molecule has 1 N–H and O–H groups in total. The van der Waals surface area contributed by atoms with Crippen LogP contribution in [0.25, 0.3) is 0 Å². The van der Waals surface area contributed by atoms with Gasteiger partial charge in [0, 0.05) is 33.6 Å². The Bertz CT molecular complexity index is 660. The van der Waals surface area contributed by atoms with Gasteiger partial charge in [-0.2, -0.15) is 13.2 Å². The van der Waals surface area contributed by atoms with E-state index in [2.05, 4.69) is 11.4 Å². The fraction of sp³-hybridized carbons (Fsp3) is 0.375. The lowest BCUT2D eigenvalue weighted by molar-refractivity contribution is -0.137. The number of rotatable bonds is 5. The molecule has 1 aliphatic carbocycles. The molecule has 22 heavy (non-hydrogen) atoms. The highest BCUT2D eigenvalue weighted by Gasteiger charge is 2.32. The molecule has 0 amide bonds. The normalized spacial score (nSPS) is 15.1. The van der Waals surface area contributed by atoms with E-state index in [0.717, 1.165) is 10.6 Å². The van der Waals surface area contributed by atoms with Crippen LogP contribution in [0.2, 0.25) is 0 Å². The Kier molecular flexibility index (Phi) is 4.41. The van der Waals surface area contributed by atoms with Crippen molar-refractivity contribution in [3.05, 3.63) is 45.6 Å². The summed E-state index contributed by atoms with van der Waals surface area (Å²) in [4.78, 5) is 1.93. The quantitative estimate of drug-likeness (QED) is 0.670. The van der Waals surface area contributed by atoms with Crippen molar-refractivity contribution in [1.29, 1.82) is 0 Å². The first kappa shape index (κ1) is 15.7. The number of halogens is 3. The maximum atomic E-state index is 12.7. The topological polar surface area (TPSA) is 12.0 Å². The summed E-state index contributed by atoms with van der Waals surface area (Å²) in [5.74, 6) is 1.18. The van der Waals surface area contributed by atoms with E-state index in [9.17, 15) is 13.2 Å². The van der Waals surface area contributed by atoms with Crippen molar-refractivity contribution in [2.75, 3.05) is 12.4 Å². The molecule has 2 aromatic rings. The predicted molar refractivity (Wildman–Crippen MR) is 86.8 cm³/mol. The van der Waals surface area contributed by atoms with E-state index < -0.39 is 11.7 Å². The number of hydrogen-bond donors (Lipinski definition) is 1. The number of alkyl halides is 3. The fourth-order valence-electron chi connectivity index (χ4n) is 2.38. The smallest absolute Gasteiger partial charge is 0.387 e. The van der Waals surface area contributed by atoms with Gasteiger partial charge in [0.25, 0.3) is 0 Å². The van der Waals surface area contributed by atoms with E-state index >= 15 is 0 Å². The average Bonchev–Trinajstić information content (AvgIpc) is 3.21. The number of anilines is 1. The first-order chi connectivity index (χ1) is 10.5. The molecule has 6 heteroatoms. The third-order valence-electron chi connectivity index (χ3n) is 3.67. The Morgan fingerprint density at radius 3 is 2.68 bits per heavy atom. The van der Waals surface area contributed by atoms with Crippen molar-refractivity contribution in [2.45, 2.75) is 35.6 Å². The van der Waals surface area contributed by atoms with Gasteiger partial charge < -0.3 is 5.32 Å². The first-order valence-electron chi connectivity index (χ1n) is 7.07. The van der Waals surface area contributed by atoms with Crippen LogP contribution in [-0.4, -0.2) is 7.05 Å². The molecule has 1 aromatic carbocycles. The lowest BCUT2D eigenvalue weighted by atomic mass is 10.1. The lowest BCUT2D eigenvalue weighted by Crippen LogP contribution is -2.02. The third-order valence-corrected chi connectivity index (χ3v) is 5.99. The molecule has 0 unspecified atom stereocenters. The van der Waals surface area contributed by atoms with Gasteiger partial charge in [-0.3, -0.25) is 0 Å². The van der Waals surface area contributed by atoms with E-state index in [1.165, 1.54) is 46.1 Å². The predicted octanol–water partition coefficient (Wildman–Crippen LogP) is 5.98. The number of thioether (sulfide) groups is 1. The Morgan fingerprint density at radius 1 is 1.32 bits per heavy atom. The SMILES string of the molecule is CNc1cccc(C2CC2)c1SCc1cc(C(F)(F)F)cs1. The van der Waals surface area contributed by atoms with Crippen LogP contribution < -0.4 is 5.32 Å². The number of hydrogen-bond acceptors (Lipinski definition) is 3. The summed E-state index contributed by atoms with van der Waals surface area (Å²) < 4.78 is 38.0. The van der Waals surface area contributed by atoms with Crippen LogP contribution in [0.3, 0.4) is 0 Å². The molecule has 1 aromatic heterocycles. The highest BCUT2D eigenvalue weighted by atomic mass is 32.2. The molecule has 0 spiro atoms. The first-order valence-corrected chi connectivity index (χ1v) is 8.93. The van der Waals surface area contributed by atoms with Crippen molar-refractivity contribution in [3.63, 3.8) is 0 Å². The molecule has 1 fully saturated rings. The zero-order valence-electron chi connectivity index (χ0n) is 12.0. The van der Waals surface area contributed by atoms with Gasteiger partial charge in [0.2, 0.25) is 0 Å². The van der Waals surface area contributed by atoms with Crippen molar-refractivity contribution < 1.29 is 13.2 Å². The van der Waals surface area contributed by atoms with E-state index in [1.54, 1.807) is 11.8 Å². The van der Waals surface area contributed by atoms with Crippen molar-refractivity contribution >= 4 is 28.8 Å². The molecular formula is C16H16F3NS2. The molecule has 118 valence electrons. The Hall–Kier alpha value is -1.14. The summed E-state index contributed by atoms with van der Waals surface area (Å²) in [6.07, 6.45) is -1.84. The highest BCUT2D eigenvalue weighted by molar-refractivity contribution is 7.98. The van der Waals surface area contributed by atoms with Crippen LogP contribution in [0.1, 0.15) is 34.8 Å². The monoisotopic (exact) mass is 343 g/mol. The van der Waals surface area contributed by atoms with Crippen LogP contribution >= 0.6 is 23.1 Å². The van der Waals surface area contributed by atoms with Gasteiger partial charge in [0.05, 0.1) is 5.56 Å². The van der Waals surface area contributed by atoms with Gasteiger partial charge in [0.15, 0.2) is 0 Å². The molecule has 0 atom stereocenters. The molecule has 0 saturated heterocycles. The van der Waals surface area contributed by atoms with E-state index in [1.807, 2.05) is 19.2 Å². The molecule has 0 bridgehead atoms. The maximum Gasteiger partial charge on any atom is 0.417 e. The van der Waals surface area contributed by atoms with Gasteiger partial charge in [0.1, 0.15) is 0 Å². The highest BCUT2D eigenvalue weighted by Crippen LogP contribution is 2.47. The molecule has 3 rings (SSSR count). The van der Waals surface area contributed by atoms with E-state index in [-0.39, 0.29) is 0 Å². The van der Waals surface area contributed by atoms with Gasteiger partial charge >= 0.3 is 6.18 Å². The number of thiophene rings is 1. The second-order valence-corrected chi connectivity index (χ2v) is 7.32. The number of nitrogens with one attached hydrogen (secondary N) is 1. The minimum absolute atomic E-state index is 0.544. The van der Waals surface area contributed by atoms with Crippen molar-refractivity contribution in [3.8, 4) is 0 Å². The van der Waals surface area contributed by atoms with Crippen LogP contribution in [-0.2, 0) is 11.9 Å². The maximum absolute atomic E-state index is 12.7. The molecule has 1 heterocycles. The molecule has 1 nitrogen and oxygen atoms in total. The molecule has 0 radical (unpaired) electrons. The number of benzene rings is 1. The summed E-state index contributed by atoms with van der Waals surface area (Å²) >= 11 is 2.80. The van der Waals surface area contributed by atoms with Gasteiger partial charge in [-0.1, -0.05) is 12.1 Å². The van der Waals surface area contributed by atoms with Crippen LogP contribution in [0.15, 0.2) is 34.5 Å². The van der Waals surface area contributed by atoms with Crippen LogP contribution in [0, 0.1) is 0 Å². The fourth-order valence-corrected chi connectivity index (χ4v) is 4.60. The Labute approximate surface area is 135 Å². The van der Waals surface area contributed by atoms with Gasteiger partial charge in [-0.15, -0.1) is 23.1 Å². The van der Waals surface area contributed by atoms with Crippen LogP contribution in [0.4, 0.5) is 18.9 Å². The Morgan fingerprint density at radius 2 is 2.09 bits per heavy atom. The zero-order valence-corrected chi connectivity index (χ0v) is 13.7.